The number of carbonyl (C=O) groups excluding carboxylic acids is 2. The Morgan fingerprint density at radius 2 is 1.90 bits per heavy atom. The first-order chi connectivity index (χ1) is 13.4. The lowest BCUT2D eigenvalue weighted by Gasteiger charge is -2.36. The monoisotopic (exact) mass is 422 g/mol. The molecular formula is C17H19F5N4O3. The lowest BCUT2D eigenvalue weighted by Crippen LogP contribution is -2.50. The molecule has 0 saturated carbocycles. The van der Waals surface area contributed by atoms with Crippen molar-refractivity contribution < 1.29 is 36.3 Å². The molecule has 0 N–H and O–H groups in total. The molecule has 0 saturated heterocycles. The molecule has 0 spiro atoms. The smallest absolute Gasteiger partial charge is 0.433 e. The predicted octanol–water partition coefficient (Wildman–Crippen LogP) is 3.81. The maximum atomic E-state index is 13.7. The van der Waals surface area contributed by atoms with Crippen LogP contribution in [0.3, 0.4) is 0 Å². The molecule has 1 unspecified atom stereocenters. The molecule has 2 heterocycles. The number of hydrogen-bond donors (Lipinski definition) is 0. The summed E-state index contributed by atoms with van der Waals surface area (Å²) in [4.78, 5) is 28.4. The van der Waals surface area contributed by atoms with Crippen LogP contribution in [0.25, 0.3) is 0 Å². The van der Waals surface area contributed by atoms with Gasteiger partial charge in [0.2, 0.25) is 0 Å². The quantitative estimate of drug-likeness (QED) is 0.692. The van der Waals surface area contributed by atoms with E-state index >= 15 is 0 Å². The molecule has 1 aromatic rings. The largest absolute Gasteiger partial charge is 0.452 e. The van der Waals surface area contributed by atoms with E-state index in [1.807, 2.05) is 0 Å². The summed E-state index contributed by atoms with van der Waals surface area (Å²) in [5, 5.41) is 3.79. The Kier molecular flexibility index (Phi) is 6.43. The molecule has 160 valence electrons. The van der Waals surface area contributed by atoms with E-state index < -0.39 is 47.7 Å². The molecule has 1 amide bonds. The second-order valence-corrected chi connectivity index (χ2v) is 6.69. The Labute approximate surface area is 162 Å². The minimum absolute atomic E-state index is 0.283. The fourth-order valence-electron chi connectivity index (χ4n) is 2.83. The Hall–Kier alpha value is -2.79. The molecule has 1 atom stereocenters. The van der Waals surface area contributed by atoms with Gasteiger partial charge in [-0.3, -0.25) is 9.69 Å². The van der Waals surface area contributed by atoms with E-state index in [9.17, 15) is 31.5 Å². The van der Waals surface area contributed by atoms with Gasteiger partial charge in [-0.05, 0) is 25.3 Å². The van der Waals surface area contributed by atoms with Gasteiger partial charge in [0.25, 0.3) is 12.3 Å². The third kappa shape index (κ3) is 4.62. The number of aryl methyl sites for hydroxylation is 1. The highest BCUT2D eigenvalue weighted by atomic mass is 19.4. The van der Waals surface area contributed by atoms with Gasteiger partial charge in [-0.25, -0.2) is 23.2 Å². The molecule has 0 fully saturated rings. The highest BCUT2D eigenvalue weighted by Crippen LogP contribution is 2.36. The number of aliphatic imine (C=N–C) groups is 1. The number of allylic oxidation sites excluding steroid dienone is 2. The first kappa shape index (κ1) is 22.5. The molecular weight excluding hydrogens is 403 g/mol. The van der Waals surface area contributed by atoms with Crippen LogP contribution in [-0.2, 0) is 4.74 Å². The summed E-state index contributed by atoms with van der Waals surface area (Å²) in [6, 6.07) is 1.38. The molecule has 1 aromatic heterocycles. The van der Waals surface area contributed by atoms with Crippen LogP contribution in [0.5, 0.6) is 0 Å². The second kappa shape index (κ2) is 8.29. The lowest BCUT2D eigenvalue weighted by molar-refractivity contribution is -0.0609. The third-order valence-corrected chi connectivity index (χ3v) is 3.95. The Bertz CT molecular complexity index is 857. The molecule has 0 aliphatic carbocycles. The van der Waals surface area contributed by atoms with Crippen LogP contribution >= 0.6 is 0 Å². The van der Waals surface area contributed by atoms with Crippen molar-refractivity contribution in [1.82, 2.24) is 14.7 Å². The van der Waals surface area contributed by atoms with E-state index in [1.54, 1.807) is 13.8 Å². The number of carbonyl (C=O) groups is 2. The van der Waals surface area contributed by atoms with Crippen molar-refractivity contribution in [3.63, 3.8) is 0 Å². The van der Waals surface area contributed by atoms with Gasteiger partial charge in [-0.15, -0.1) is 0 Å². The Balaban J connectivity index is 2.83. The van der Waals surface area contributed by atoms with Crippen LogP contribution in [0.2, 0.25) is 0 Å². The zero-order valence-electron chi connectivity index (χ0n) is 16.0. The van der Waals surface area contributed by atoms with Gasteiger partial charge in [-0.1, -0.05) is 13.8 Å². The number of aromatic nitrogens is 2. The van der Waals surface area contributed by atoms with Crippen molar-refractivity contribution in [3.05, 3.63) is 29.2 Å². The van der Waals surface area contributed by atoms with Crippen molar-refractivity contribution in [3.8, 4) is 0 Å². The maximum absolute atomic E-state index is 13.7. The molecule has 2 rings (SSSR count). The van der Waals surface area contributed by atoms with E-state index in [2.05, 4.69) is 14.8 Å². The zero-order valence-corrected chi connectivity index (χ0v) is 16.0. The maximum Gasteiger partial charge on any atom is 0.433 e. The summed E-state index contributed by atoms with van der Waals surface area (Å²) in [5.74, 6) is -1.63. The summed E-state index contributed by atoms with van der Waals surface area (Å²) < 4.78 is 73.3. The first-order valence-electron chi connectivity index (χ1n) is 8.49. The van der Waals surface area contributed by atoms with Crippen molar-refractivity contribution in [2.24, 2.45) is 10.9 Å². The van der Waals surface area contributed by atoms with Crippen molar-refractivity contribution in [1.29, 1.82) is 0 Å². The summed E-state index contributed by atoms with van der Waals surface area (Å²) in [6.45, 7) is 4.71. The zero-order chi connectivity index (χ0) is 22.1. The minimum Gasteiger partial charge on any atom is -0.452 e. The van der Waals surface area contributed by atoms with E-state index in [1.165, 1.54) is 13.0 Å². The number of halogens is 5. The standard InChI is InChI=1S/C17H19F5N4O3/c1-8(2)7-10-11(15(27)25-6-5-9(3)24-25)12(17(20,21)22)23-14(13(18)19)26(10)16(28)29-4/h5-6,8,13-14H,7H2,1-4H3. The van der Waals surface area contributed by atoms with Crippen LogP contribution in [0, 0.1) is 12.8 Å². The molecule has 29 heavy (non-hydrogen) atoms. The summed E-state index contributed by atoms with van der Waals surface area (Å²) in [6.07, 6.45) is -11.6. The van der Waals surface area contributed by atoms with Crippen molar-refractivity contribution in [2.75, 3.05) is 7.11 Å². The topological polar surface area (TPSA) is 76.8 Å². The molecule has 0 aromatic carbocycles. The van der Waals surface area contributed by atoms with Crippen LogP contribution in [0.15, 0.2) is 28.5 Å². The van der Waals surface area contributed by atoms with Gasteiger partial charge in [0.05, 0.1) is 18.4 Å². The number of ether oxygens (including phenoxy) is 1. The fourth-order valence-corrected chi connectivity index (χ4v) is 2.83. The number of rotatable bonds is 4. The average Bonchev–Trinajstić information content (AvgIpc) is 3.04. The molecule has 7 nitrogen and oxygen atoms in total. The molecule has 12 heteroatoms. The fraction of sp³-hybridized carbons (Fsp3) is 0.529. The third-order valence-electron chi connectivity index (χ3n) is 3.95. The van der Waals surface area contributed by atoms with Gasteiger partial charge in [0, 0.05) is 11.9 Å². The first-order valence-corrected chi connectivity index (χ1v) is 8.49. The van der Waals surface area contributed by atoms with Crippen LogP contribution in [0.4, 0.5) is 26.7 Å². The SMILES string of the molecule is COC(=O)N1C(CC(C)C)=C(C(=O)n2ccc(C)n2)C(C(F)(F)F)=NC1C(F)F. The molecule has 1 aliphatic rings. The van der Waals surface area contributed by atoms with Crippen LogP contribution in [0.1, 0.15) is 30.8 Å². The molecule has 0 bridgehead atoms. The van der Waals surface area contributed by atoms with E-state index in [4.69, 9.17) is 0 Å². The second-order valence-electron chi connectivity index (χ2n) is 6.69. The van der Waals surface area contributed by atoms with Gasteiger partial charge >= 0.3 is 12.3 Å². The number of alkyl halides is 5. The predicted molar refractivity (Wildman–Crippen MR) is 91.6 cm³/mol. The number of nitrogens with zero attached hydrogens (tertiary/aromatic N) is 4. The van der Waals surface area contributed by atoms with E-state index in [0.29, 0.717) is 15.3 Å². The summed E-state index contributed by atoms with van der Waals surface area (Å²) in [5.41, 5.74) is -2.99. The highest BCUT2D eigenvalue weighted by molar-refractivity contribution is 6.25. The minimum atomic E-state index is -5.22. The molecule has 1 aliphatic heterocycles. The Morgan fingerprint density at radius 1 is 1.28 bits per heavy atom. The lowest BCUT2D eigenvalue weighted by atomic mass is 9.96. The number of amides is 1. The van der Waals surface area contributed by atoms with Gasteiger partial charge in [0.1, 0.15) is 0 Å². The van der Waals surface area contributed by atoms with Gasteiger partial charge < -0.3 is 4.74 Å². The van der Waals surface area contributed by atoms with Crippen molar-refractivity contribution in [2.45, 2.75) is 46.0 Å². The van der Waals surface area contributed by atoms with E-state index in [0.717, 1.165) is 13.3 Å². The summed E-state index contributed by atoms with van der Waals surface area (Å²) in [7, 11) is 0.888. The van der Waals surface area contributed by atoms with Crippen molar-refractivity contribution >= 4 is 17.7 Å². The van der Waals surface area contributed by atoms with Gasteiger partial charge in [-0.2, -0.15) is 18.3 Å². The van der Waals surface area contributed by atoms with Crippen LogP contribution in [-0.4, -0.2) is 58.3 Å². The van der Waals surface area contributed by atoms with Crippen LogP contribution < -0.4 is 0 Å². The number of methoxy groups -OCH3 is 1. The average molecular weight is 422 g/mol. The normalized spacial score (nSPS) is 17.8. The molecule has 0 radical (unpaired) electrons. The Morgan fingerprint density at radius 3 is 2.31 bits per heavy atom. The van der Waals surface area contributed by atoms with Gasteiger partial charge in [0.15, 0.2) is 11.9 Å². The summed E-state index contributed by atoms with van der Waals surface area (Å²) >= 11 is 0. The van der Waals surface area contributed by atoms with E-state index in [-0.39, 0.29) is 12.3 Å². The highest BCUT2D eigenvalue weighted by Gasteiger charge is 2.50. The number of hydrogen-bond acceptors (Lipinski definition) is 5.